The fourth-order valence-corrected chi connectivity index (χ4v) is 1.88. The third-order valence-corrected chi connectivity index (χ3v) is 2.92. The van der Waals surface area contributed by atoms with Crippen molar-refractivity contribution in [2.45, 2.75) is 19.8 Å². The lowest BCUT2D eigenvalue weighted by atomic mass is 10.2. The van der Waals surface area contributed by atoms with Crippen molar-refractivity contribution in [2.24, 2.45) is 0 Å². The highest BCUT2D eigenvalue weighted by Crippen LogP contribution is 2.22. The van der Waals surface area contributed by atoms with Crippen LogP contribution in [0.1, 0.15) is 18.4 Å². The number of ether oxygens (including phenoxy) is 1. The Morgan fingerprint density at radius 3 is 2.71 bits per heavy atom. The van der Waals surface area contributed by atoms with E-state index in [-0.39, 0.29) is 5.91 Å². The SMILES string of the molecule is Cc1cc(Br)ccc1OCCCC(=O)N(C)C. The highest BCUT2D eigenvalue weighted by molar-refractivity contribution is 9.10. The van der Waals surface area contributed by atoms with Gasteiger partial charge in [0, 0.05) is 25.0 Å². The van der Waals surface area contributed by atoms with Gasteiger partial charge in [0.2, 0.25) is 5.91 Å². The Morgan fingerprint density at radius 2 is 2.12 bits per heavy atom. The van der Waals surface area contributed by atoms with Gasteiger partial charge < -0.3 is 9.64 Å². The van der Waals surface area contributed by atoms with Gasteiger partial charge in [0.05, 0.1) is 6.61 Å². The van der Waals surface area contributed by atoms with E-state index < -0.39 is 0 Å². The van der Waals surface area contributed by atoms with Gasteiger partial charge in [-0.05, 0) is 37.1 Å². The van der Waals surface area contributed by atoms with Gasteiger partial charge in [0.1, 0.15) is 5.75 Å². The van der Waals surface area contributed by atoms with Crippen molar-refractivity contribution in [3.8, 4) is 5.75 Å². The van der Waals surface area contributed by atoms with Crippen molar-refractivity contribution in [3.63, 3.8) is 0 Å². The number of amides is 1. The number of nitrogens with zero attached hydrogens (tertiary/aromatic N) is 1. The molecule has 0 bridgehead atoms. The second-order valence-electron chi connectivity index (χ2n) is 4.15. The van der Waals surface area contributed by atoms with Gasteiger partial charge in [-0.3, -0.25) is 4.79 Å². The van der Waals surface area contributed by atoms with Crippen LogP contribution in [-0.2, 0) is 4.79 Å². The van der Waals surface area contributed by atoms with E-state index in [1.165, 1.54) is 0 Å². The molecule has 4 heteroatoms. The number of rotatable bonds is 5. The summed E-state index contributed by atoms with van der Waals surface area (Å²) in [6.45, 7) is 2.58. The van der Waals surface area contributed by atoms with E-state index in [0.29, 0.717) is 13.0 Å². The third-order valence-electron chi connectivity index (χ3n) is 2.43. The van der Waals surface area contributed by atoms with Crippen LogP contribution in [0.4, 0.5) is 0 Å². The van der Waals surface area contributed by atoms with E-state index >= 15 is 0 Å². The summed E-state index contributed by atoms with van der Waals surface area (Å²) in [5.74, 6) is 1.02. The lowest BCUT2D eigenvalue weighted by molar-refractivity contribution is -0.128. The van der Waals surface area contributed by atoms with Crippen LogP contribution in [-0.4, -0.2) is 31.5 Å². The first kappa shape index (κ1) is 14.0. The molecule has 17 heavy (non-hydrogen) atoms. The molecule has 1 aromatic rings. The number of carbonyl (C=O) groups is 1. The smallest absolute Gasteiger partial charge is 0.222 e. The molecule has 0 spiro atoms. The number of hydrogen-bond donors (Lipinski definition) is 0. The summed E-state index contributed by atoms with van der Waals surface area (Å²) in [5, 5.41) is 0. The van der Waals surface area contributed by atoms with Crippen LogP contribution in [0.15, 0.2) is 22.7 Å². The second kappa shape index (κ2) is 6.64. The predicted molar refractivity (Wildman–Crippen MR) is 72.3 cm³/mol. The zero-order valence-electron chi connectivity index (χ0n) is 10.5. The maximum absolute atomic E-state index is 11.3. The minimum absolute atomic E-state index is 0.140. The fourth-order valence-electron chi connectivity index (χ4n) is 1.40. The molecule has 0 aliphatic heterocycles. The molecule has 0 aliphatic rings. The van der Waals surface area contributed by atoms with E-state index in [0.717, 1.165) is 22.2 Å². The molecule has 0 aliphatic carbocycles. The Balaban J connectivity index is 2.34. The van der Waals surface area contributed by atoms with Gasteiger partial charge >= 0.3 is 0 Å². The Morgan fingerprint density at radius 1 is 1.41 bits per heavy atom. The summed E-state index contributed by atoms with van der Waals surface area (Å²) in [5.41, 5.74) is 1.10. The van der Waals surface area contributed by atoms with Gasteiger partial charge in [0.25, 0.3) is 0 Å². The minimum Gasteiger partial charge on any atom is -0.493 e. The molecule has 0 saturated carbocycles. The summed E-state index contributed by atoms with van der Waals surface area (Å²) in [6, 6.07) is 5.90. The summed E-state index contributed by atoms with van der Waals surface area (Å²) in [4.78, 5) is 12.9. The maximum atomic E-state index is 11.3. The van der Waals surface area contributed by atoms with Gasteiger partial charge in [-0.1, -0.05) is 15.9 Å². The largest absolute Gasteiger partial charge is 0.493 e. The van der Waals surface area contributed by atoms with Crippen LogP contribution in [0.2, 0.25) is 0 Å². The zero-order chi connectivity index (χ0) is 12.8. The average molecular weight is 300 g/mol. The van der Waals surface area contributed by atoms with Crippen LogP contribution in [0.3, 0.4) is 0 Å². The molecular weight excluding hydrogens is 282 g/mol. The second-order valence-corrected chi connectivity index (χ2v) is 5.07. The number of aryl methyl sites for hydroxylation is 1. The average Bonchev–Trinajstić information content (AvgIpc) is 2.26. The summed E-state index contributed by atoms with van der Waals surface area (Å²) in [6.07, 6.45) is 1.27. The zero-order valence-corrected chi connectivity index (χ0v) is 12.1. The molecule has 94 valence electrons. The molecule has 0 saturated heterocycles. The van der Waals surface area contributed by atoms with Gasteiger partial charge in [-0.2, -0.15) is 0 Å². The highest BCUT2D eigenvalue weighted by Gasteiger charge is 2.04. The molecule has 0 radical (unpaired) electrons. The van der Waals surface area contributed by atoms with Crippen LogP contribution < -0.4 is 4.74 Å². The first-order valence-electron chi connectivity index (χ1n) is 5.60. The Hall–Kier alpha value is -1.03. The Kier molecular flexibility index (Phi) is 5.48. The standard InChI is InChI=1S/C13H18BrNO2/c1-10-9-11(14)6-7-12(10)17-8-4-5-13(16)15(2)3/h6-7,9H,4-5,8H2,1-3H3. The lowest BCUT2D eigenvalue weighted by Crippen LogP contribution is -2.21. The molecule has 0 N–H and O–H groups in total. The van der Waals surface area contributed by atoms with E-state index in [1.54, 1.807) is 19.0 Å². The quantitative estimate of drug-likeness (QED) is 0.782. The summed E-state index contributed by atoms with van der Waals surface area (Å²) < 4.78 is 6.68. The monoisotopic (exact) mass is 299 g/mol. The highest BCUT2D eigenvalue weighted by atomic mass is 79.9. The van der Waals surface area contributed by atoms with Crippen molar-refractivity contribution in [3.05, 3.63) is 28.2 Å². The van der Waals surface area contributed by atoms with E-state index in [9.17, 15) is 4.79 Å². The molecule has 0 aromatic heterocycles. The molecule has 1 rings (SSSR count). The molecule has 0 unspecified atom stereocenters. The number of carbonyl (C=O) groups excluding carboxylic acids is 1. The molecule has 1 aromatic carbocycles. The van der Waals surface area contributed by atoms with Crippen LogP contribution in [0.5, 0.6) is 5.75 Å². The third kappa shape index (κ3) is 4.77. The molecular formula is C13H18BrNO2. The minimum atomic E-state index is 0.140. The first-order valence-corrected chi connectivity index (χ1v) is 6.39. The Bertz CT molecular complexity index is 391. The first-order chi connectivity index (χ1) is 8.00. The van der Waals surface area contributed by atoms with Crippen molar-refractivity contribution in [1.29, 1.82) is 0 Å². The van der Waals surface area contributed by atoms with Gasteiger partial charge in [0.15, 0.2) is 0 Å². The maximum Gasteiger partial charge on any atom is 0.222 e. The molecule has 0 atom stereocenters. The molecule has 0 fully saturated rings. The van der Waals surface area contributed by atoms with Crippen molar-refractivity contribution >= 4 is 21.8 Å². The number of benzene rings is 1. The summed E-state index contributed by atoms with van der Waals surface area (Å²) >= 11 is 3.41. The number of hydrogen-bond acceptors (Lipinski definition) is 2. The van der Waals surface area contributed by atoms with E-state index in [2.05, 4.69) is 15.9 Å². The van der Waals surface area contributed by atoms with Gasteiger partial charge in [-0.25, -0.2) is 0 Å². The summed E-state index contributed by atoms with van der Waals surface area (Å²) in [7, 11) is 3.53. The van der Waals surface area contributed by atoms with Crippen LogP contribution in [0, 0.1) is 6.92 Å². The topological polar surface area (TPSA) is 29.5 Å². The number of halogens is 1. The van der Waals surface area contributed by atoms with Crippen LogP contribution >= 0.6 is 15.9 Å². The van der Waals surface area contributed by atoms with Crippen molar-refractivity contribution in [1.82, 2.24) is 4.90 Å². The van der Waals surface area contributed by atoms with E-state index in [1.807, 2.05) is 25.1 Å². The fraction of sp³-hybridized carbons (Fsp3) is 0.462. The van der Waals surface area contributed by atoms with Crippen LogP contribution in [0.25, 0.3) is 0 Å². The lowest BCUT2D eigenvalue weighted by Gasteiger charge is -2.11. The molecule has 1 amide bonds. The van der Waals surface area contributed by atoms with Crippen molar-refractivity contribution < 1.29 is 9.53 Å². The normalized spacial score (nSPS) is 10.1. The molecule has 3 nitrogen and oxygen atoms in total. The molecule has 0 heterocycles. The van der Waals surface area contributed by atoms with Gasteiger partial charge in [-0.15, -0.1) is 0 Å². The predicted octanol–water partition coefficient (Wildman–Crippen LogP) is 3.00. The van der Waals surface area contributed by atoms with E-state index in [4.69, 9.17) is 4.74 Å². The Labute approximate surface area is 111 Å². The van der Waals surface area contributed by atoms with Crippen molar-refractivity contribution in [2.75, 3.05) is 20.7 Å².